The van der Waals surface area contributed by atoms with Gasteiger partial charge in [-0.2, -0.15) is 13.2 Å². The highest BCUT2D eigenvalue weighted by molar-refractivity contribution is 6.05. The van der Waals surface area contributed by atoms with Gasteiger partial charge >= 0.3 is 12.1 Å². The van der Waals surface area contributed by atoms with Crippen LogP contribution < -0.4 is 10.1 Å². The smallest absolute Gasteiger partial charge is 0.434 e. The molecule has 0 saturated heterocycles. The fourth-order valence-corrected chi connectivity index (χ4v) is 3.62. The average Bonchev–Trinajstić information content (AvgIpc) is 2.89. The Morgan fingerprint density at radius 1 is 0.892 bits per heavy atom. The highest BCUT2D eigenvalue weighted by Gasteiger charge is 2.37. The zero-order chi connectivity index (χ0) is 26.4. The average molecular weight is 506 g/mol. The second kappa shape index (κ2) is 10.9. The maximum Gasteiger partial charge on any atom is 0.434 e. The van der Waals surface area contributed by atoms with Crippen molar-refractivity contribution in [2.24, 2.45) is 0 Å². The van der Waals surface area contributed by atoms with Gasteiger partial charge in [0.25, 0.3) is 5.91 Å². The standard InChI is InChI=1S/C28H21F3N2O4/c29-28(30,31)25-24(27(35)36)16-21(17-32-25)19-7-4-8-20(15-19)26(34)33-22-9-11-23(12-10-22)37-14-13-18-5-2-1-3-6-18/h1-12,15-17H,13-14H2,(H,33,34)(H,35,36). The fourth-order valence-electron chi connectivity index (χ4n) is 3.62. The van der Waals surface area contributed by atoms with Gasteiger partial charge in [-0.3, -0.25) is 9.78 Å². The number of nitrogens with zero attached hydrogens (tertiary/aromatic N) is 1. The van der Waals surface area contributed by atoms with Gasteiger partial charge in [-0.1, -0.05) is 42.5 Å². The third kappa shape index (κ3) is 6.52. The molecule has 2 N–H and O–H groups in total. The SMILES string of the molecule is O=C(Nc1ccc(OCCc2ccccc2)cc1)c1cccc(-c2cnc(C(F)(F)F)c(C(=O)O)c2)c1. The van der Waals surface area contributed by atoms with E-state index in [1.54, 1.807) is 36.4 Å². The summed E-state index contributed by atoms with van der Waals surface area (Å²) in [6, 6.07) is 23.8. The van der Waals surface area contributed by atoms with E-state index in [1.807, 2.05) is 30.3 Å². The molecular formula is C28H21F3N2O4. The van der Waals surface area contributed by atoms with Crippen LogP contribution in [0.3, 0.4) is 0 Å². The Morgan fingerprint density at radius 3 is 2.30 bits per heavy atom. The summed E-state index contributed by atoms with van der Waals surface area (Å²) in [6.07, 6.45) is -3.21. The van der Waals surface area contributed by atoms with Gasteiger partial charge in [0.05, 0.1) is 12.2 Å². The molecule has 0 aliphatic carbocycles. The van der Waals surface area contributed by atoms with E-state index >= 15 is 0 Å². The molecule has 1 aromatic heterocycles. The van der Waals surface area contributed by atoms with Crippen molar-refractivity contribution in [2.45, 2.75) is 12.6 Å². The summed E-state index contributed by atoms with van der Waals surface area (Å²) in [5.41, 5.74) is -0.0424. The van der Waals surface area contributed by atoms with Crippen molar-refractivity contribution in [2.75, 3.05) is 11.9 Å². The first-order chi connectivity index (χ1) is 17.7. The number of carboxylic acid groups (broad SMARTS) is 1. The Hall–Kier alpha value is -4.66. The van der Waals surface area contributed by atoms with Gasteiger partial charge in [-0.25, -0.2) is 4.79 Å². The second-order valence-electron chi connectivity index (χ2n) is 8.07. The summed E-state index contributed by atoms with van der Waals surface area (Å²) in [7, 11) is 0. The van der Waals surface area contributed by atoms with Crippen LogP contribution in [0.2, 0.25) is 0 Å². The number of benzene rings is 3. The van der Waals surface area contributed by atoms with Crippen LogP contribution >= 0.6 is 0 Å². The van der Waals surface area contributed by atoms with Gasteiger partial charge in [-0.05, 0) is 53.6 Å². The van der Waals surface area contributed by atoms with Crippen molar-refractivity contribution in [3.8, 4) is 16.9 Å². The lowest BCUT2D eigenvalue weighted by Gasteiger charge is -2.12. The van der Waals surface area contributed by atoms with E-state index in [0.717, 1.165) is 18.7 Å². The molecule has 0 atom stereocenters. The van der Waals surface area contributed by atoms with Gasteiger partial charge in [0.1, 0.15) is 5.75 Å². The van der Waals surface area contributed by atoms with E-state index in [9.17, 15) is 27.9 Å². The van der Waals surface area contributed by atoms with Crippen LogP contribution in [0.15, 0.2) is 91.1 Å². The second-order valence-corrected chi connectivity index (χ2v) is 8.07. The molecular weight excluding hydrogens is 485 g/mol. The number of pyridine rings is 1. The van der Waals surface area contributed by atoms with Crippen LogP contribution in [0.25, 0.3) is 11.1 Å². The molecule has 0 bridgehead atoms. The molecule has 9 heteroatoms. The first-order valence-corrected chi connectivity index (χ1v) is 11.2. The third-order valence-electron chi connectivity index (χ3n) is 5.46. The van der Waals surface area contributed by atoms with Gasteiger partial charge in [-0.15, -0.1) is 0 Å². The van der Waals surface area contributed by atoms with Crippen molar-refractivity contribution in [3.63, 3.8) is 0 Å². The highest BCUT2D eigenvalue weighted by atomic mass is 19.4. The molecule has 4 rings (SSSR count). The molecule has 1 amide bonds. The van der Waals surface area contributed by atoms with Crippen molar-refractivity contribution in [1.29, 1.82) is 0 Å². The molecule has 0 unspecified atom stereocenters. The number of anilines is 1. The number of amides is 1. The number of carbonyl (C=O) groups is 2. The minimum absolute atomic E-state index is 0.136. The normalized spacial score (nSPS) is 11.1. The number of carbonyl (C=O) groups excluding carboxylic acids is 1. The van der Waals surface area contributed by atoms with Crippen molar-refractivity contribution >= 4 is 17.6 Å². The number of nitrogens with one attached hydrogen (secondary N) is 1. The number of ether oxygens (including phenoxy) is 1. The van der Waals surface area contributed by atoms with E-state index in [4.69, 9.17) is 4.74 Å². The molecule has 3 aromatic carbocycles. The van der Waals surface area contributed by atoms with Gasteiger partial charge in [0.2, 0.25) is 0 Å². The highest BCUT2D eigenvalue weighted by Crippen LogP contribution is 2.32. The summed E-state index contributed by atoms with van der Waals surface area (Å²) in [6.45, 7) is 0.505. The summed E-state index contributed by atoms with van der Waals surface area (Å²) in [5, 5.41) is 12.0. The molecule has 37 heavy (non-hydrogen) atoms. The van der Waals surface area contributed by atoms with Gasteiger partial charge in [0, 0.05) is 29.4 Å². The Morgan fingerprint density at radius 2 is 1.62 bits per heavy atom. The van der Waals surface area contributed by atoms with E-state index in [0.29, 0.717) is 23.6 Å². The Kier molecular flexibility index (Phi) is 7.52. The molecule has 0 radical (unpaired) electrons. The van der Waals surface area contributed by atoms with Gasteiger partial charge in [0.15, 0.2) is 5.69 Å². The molecule has 0 spiro atoms. The minimum atomic E-state index is -4.91. The molecule has 6 nitrogen and oxygen atoms in total. The zero-order valence-corrected chi connectivity index (χ0v) is 19.3. The van der Waals surface area contributed by atoms with E-state index in [-0.39, 0.29) is 11.1 Å². The topological polar surface area (TPSA) is 88.5 Å². The van der Waals surface area contributed by atoms with Crippen LogP contribution in [0, 0.1) is 0 Å². The Bertz CT molecular complexity index is 1410. The van der Waals surface area contributed by atoms with Crippen LogP contribution in [0.4, 0.5) is 18.9 Å². The number of carboxylic acids is 1. The van der Waals surface area contributed by atoms with Crippen LogP contribution in [-0.4, -0.2) is 28.6 Å². The van der Waals surface area contributed by atoms with E-state index in [1.165, 1.54) is 17.7 Å². The fraction of sp³-hybridized carbons (Fsp3) is 0.107. The molecule has 1 heterocycles. The Labute approximate surface area is 210 Å². The number of hydrogen-bond acceptors (Lipinski definition) is 4. The van der Waals surface area contributed by atoms with Crippen LogP contribution in [0.5, 0.6) is 5.75 Å². The first-order valence-electron chi connectivity index (χ1n) is 11.2. The van der Waals surface area contributed by atoms with Crippen molar-refractivity contribution < 1.29 is 32.6 Å². The third-order valence-corrected chi connectivity index (χ3v) is 5.46. The molecule has 0 saturated carbocycles. The number of aromatic carboxylic acids is 1. The largest absolute Gasteiger partial charge is 0.493 e. The molecule has 0 aliphatic heterocycles. The number of aromatic nitrogens is 1. The predicted octanol–water partition coefficient (Wildman–Crippen LogP) is 6.34. The minimum Gasteiger partial charge on any atom is -0.493 e. The van der Waals surface area contributed by atoms with E-state index < -0.39 is 29.3 Å². The predicted molar refractivity (Wildman–Crippen MR) is 132 cm³/mol. The number of hydrogen-bond donors (Lipinski definition) is 2. The summed E-state index contributed by atoms with van der Waals surface area (Å²) < 4.78 is 45.0. The zero-order valence-electron chi connectivity index (χ0n) is 19.3. The maximum absolute atomic E-state index is 13.1. The van der Waals surface area contributed by atoms with Gasteiger partial charge < -0.3 is 15.2 Å². The number of rotatable bonds is 8. The maximum atomic E-state index is 13.1. The summed E-state index contributed by atoms with van der Waals surface area (Å²) in [4.78, 5) is 27.5. The number of alkyl halides is 3. The van der Waals surface area contributed by atoms with Crippen molar-refractivity contribution in [3.05, 3.63) is 114 Å². The van der Waals surface area contributed by atoms with Crippen molar-refractivity contribution in [1.82, 2.24) is 4.98 Å². The lowest BCUT2D eigenvalue weighted by atomic mass is 10.0. The lowest BCUT2D eigenvalue weighted by molar-refractivity contribution is -0.141. The summed E-state index contributed by atoms with van der Waals surface area (Å²) in [5.74, 6) is -1.54. The molecule has 0 aliphatic rings. The van der Waals surface area contributed by atoms with Crippen LogP contribution in [0.1, 0.15) is 32.0 Å². The lowest BCUT2D eigenvalue weighted by Crippen LogP contribution is -2.15. The monoisotopic (exact) mass is 506 g/mol. The van der Waals surface area contributed by atoms with E-state index in [2.05, 4.69) is 10.3 Å². The molecule has 0 fully saturated rings. The summed E-state index contributed by atoms with van der Waals surface area (Å²) >= 11 is 0. The first kappa shape index (κ1) is 25.4. The quantitative estimate of drug-likeness (QED) is 0.291. The Balaban J connectivity index is 1.43. The molecule has 188 valence electrons. The molecule has 4 aromatic rings. The van der Waals surface area contributed by atoms with Crippen LogP contribution in [-0.2, 0) is 12.6 Å². The number of halogens is 3.